The van der Waals surface area contributed by atoms with Crippen LogP contribution < -0.4 is 15.5 Å². The molecule has 0 atom stereocenters. The Balaban J connectivity index is 1.28. The Bertz CT molecular complexity index is 1300. The Morgan fingerprint density at radius 2 is 1.70 bits per heavy atom. The Kier molecular flexibility index (Phi) is 7.05. The lowest BCUT2D eigenvalue weighted by molar-refractivity contribution is 0.0664. The summed E-state index contributed by atoms with van der Waals surface area (Å²) in [7, 11) is 2.06. The van der Waals surface area contributed by atoms with Crippen molar-refractivity contribution in [2.24, 2.45) is 0 Å². The van der Waals surface area contributed by atoms with Crippen molar-refractivity contribution in [2.75, 3.05) is 61.8 Å². The van der Waals surface area contributed by atoms with E-state index in [1.54, 1.807) is 30.3 Å². The van der Waals surface area contributed by atoms with Crippen LogP contribution in [0.25, 0.3) is 0 Å². The molecule has 5 rings (SSSR count). The summed E-state index contributed by atoms with van der Waals surface area (Å²) < 4.78 is 0. The van der Waals surface area contributed by atoms with Gasteiger partial charge < -0.3 is 25.3 Å². The Hall–Kier alpha value is -3.98. The van der Waals surface area contributed by atoms with E-state index in [9.17, 15) is 9.59 Å². The number of likely N-dealkylation sites (N-methyl/N-ethyl adjacent to an activating group) is 1. The third-order valence-electron chi connectivity index (χ3n) is 7.07. The van der Waals surface area contributed by atoms with Crippen molar-refractivity contribution in [2.45, 2.75) is 20.4 Å². The molecule has 2 aliphatic rings. The zero-order valence-electron chi connectivity index (χ0n) is 21.6. The van der Waals surface area contributed by atoms with Gasteiger partial charge in [-0.15, -0.1) is 10.2 Å². The molecule has 0 radical (unpaired) electrons. The molecule has 0 saturated carbocycles. The molecule has 37 heavy (non-hydrogen) atoms. The SMILES string of the molecule is Cc1ccc(C)c(CN2CCNc3nnc(C(=O)Nc4ccc(C(=O)N5CCN(C)CC5)cc4)cc32)c1. The van der Waals surface area contributed by atoms with Gasteiger partial charge in [0.05, 0.1) is 5.69 Å². The van der Waals surface area contributed by atoms with E-state index in [1.807, 2.05) is 4.90 Å². The van der Waals surface area contributed by atoms with E-state index >= 15 is 0 Å². The van der Waals surface area contributed by atoms with Gasteiger partial charge in [-0.1, -0.05) is 23.8 Å². The summed E-state index contributed by atoms with van der Waals surface area (Å²) in [6.45, 7) is 9.70. The fourth-order valence-corrected chi connectivity index (χ4v) is 4.71. The van der Waals surface area contributed by atoms with E-state index in [0.29, 0.717) is 17.1 Å². The number of anilines is 3. The van der Waals surface area contributed by atoms with Crippen molar-refractivity contribution in [3.05, 3.63) is 76.5 Å². The van der Waals surface area contributed by atoms with E-state index in [2.05, 4.69) is 69.7 Å². The molecule has 192 valence electrons. The summed E-state index contributed by atoms with van der Waals surface area (Å²) in [6.07, 6.45) is 0. The maximum absolute atomic E-state index is 13.0. The van der Waals surface area contributed by atoms with Crippen molar-refractivity contribution in [3.8, 4) is 0 Å². The lowest BCUT2D eigenvalue weighted by Crippen LogP contribution is -2.47. The van der Waals surface area contributed by atoms with Crippen LogP contribution in [0.2, 0.25) is 0 Å². The van der Waals surface area contributed by atoms with Crippen LogP contribution >= 0.6 is 0 Å². The van der Waals surface area contributed by atoms with E-state index < -0.39 is 0 Å². The average Bonchev–Trinajstić information content (AvgIpc) is 2.91. The van der Waals surface area contributed by atoms with Crippen molar-refractivity contribution in [3.63, 3.8) is 0 Å². The van der Waals surface area contributed by atoms with Crippen molar-refractivity contribution < 1.29 is 9.59 Å². The van der Waals surface area contributed by atoms with Gasteiger partial charge in [-0.2, -0.15) is 0 Å². The summed E-state index contributed by atoms with van der Waals surface area (Å²) in [5.41, 5.74) is 6.03. The number of hydrogen-bond donors (Lipinski definition) is 2. The van der Waals surface area contributed by atoms with Gasteiger partial charge in [-0.3, -0.25) is 9.59 Å². The van der Waals surface area contributed by atoms with Gasteiger partial charge in [0.25, 0.3) is 11.8 Å². The highest BCUT2D eigenvalue weighted by atomic mass is 16.2. The first-order valence-corrected chi connectivity index (χ1v) is 12.7. The Morgan fingerprint density at radius 3 is 2.46 bits per heavy atom. The predicted molar refractivity (Wildman–Crippen MR) is 145 cm³/mol. The number of amides is 2. The first kappa shape index (κ1) is 24.7. The van der Waals surface area contributed by atoms with E-state index in [4.69, 9.17) is 0 Å². The predicted octanol–water partition coefficient (Wildman–Crippen LogP) is 3.17. The monoisotopic (exact) mass is 499 g/mol. The summed E-state index contributed by atoms with van der Waals surface area (Å²) in [6, 6.07) is 15.3. The Labute approximate surface area is 217 Å². The van der Waals surface area contributed by atoms with Crippen molar-refractivity contribution in [1.29, 1.82) is 0 Å². The highest BCUT2D eigenvalue weighted by Gasteiger charge is 2.23. The van der Waals surface area contributed by atoms with Crippen LogP contribution in [0.4, 0.5) is 17.2 Å². The molecule has 2 aromatic carbocycles. The highest BCUT2D eigenvalue weighted by Crippen LogP contribution is 2.29. The van der Waals surface area contributed by atoms with Gasteiger partial charge in [0, 0.05) is 57.1 Å². The summed E-state index contributed by atoms with van der Waals surface area (Å²) >= 11 is 0. The molecule has 0 spiro atoms. The third-order valence-corrected chi connectivity index (χ3v) is 7.07. The molecular formula is C28H33N7O2. The minimum atomic E-state index is -0.342. The minimum absolute atomic E-state index is 0.0166. The molecule has 3 heterocycles. The van der Waals surface area contributed by atoms with Crippen LogP contribution in [-0.4, -0.2) is 78.1 Å². The molecule has 1 saturated heterocycles. The van der Waals surface area contributed by atoms with Crippen LogP contribution in [0.5, 0.6) is 0 Å². The third kappa shape index (κ3) is 5.56. The van der Waals surface area contributed by atoms with E-state index in [0.717, 1.165) is 51.5 Å². The number of nitrogens with one attached hydrogen (secondary N) is 2. The molecule has 1 aromatic heterocycles. The molecule has 0 unspecified atom stereocenters. The molecule has 3 aromatic rings. The Morgan fingerprint density at radius 1 is 0.946 bits per heavy atom. The summed E-state index contributed by atoms with van der Waals surface area (Å²) in [5, 5.41) is 14.6. The smallest absolute Gasteiger partial charge is 0.276 e. The molecular weight excluding hydrogens is 466 g/mol. The number of aromatic nitrogens is 2. The van der Waals surface area contributed by atoms with Gasteiger partial charge in [0.15, 0.2) is 11.5 Å². The maximum atomic E-state index is 13.0. The largest absolute Gasteiger partial charge is 0.365 e. The molecule has 1 fully saturated rings. The number of fused-ring (bicyclic) bond motifs is 1. The fraction of sp³-hybridized carbons (Fsp3) is 0.357. The number of carbonyl (C=O) groups excluding carboxylic acids is 2. The molecule has 0 aliphatic carbocycles. The molecule has 9 nitrogen and oxygen atoms in total. The number of piperazine rings is 1. The van der Waals surface area contributed by atoms with Crippen molar-refractivity contribution in [1.82, 2.24) is 20.0 Å². The summed E-state index contributed by atoms with van der Waals surface area (Å²) in [4.78, 5) is 32.1. The standard InChI is InChI=1S/C28H33N7O2/c1-19-4-5-20(2)22(16-19)18-35-11-10-29-26-25(35)17-24(31-32-26)27(36)30-23-8-6-21(7-9-23)28(37)34-14-12-33(3)13-15-34/h4-9,16-17H,10-15,18H2,1-3H3,(H,29,32)(H,30,36). The first-order valence-electron chi connectivity index (χ1n) is 12.7. The van der Waals surface area contributed by atoms with E-state index in [1.165, 1.54) is 16.7 Å². The van der Waals surface area contributed by atoms with Gasteiger partial charge in [-0.25, -0.2) is 0 Å². The number of benzene rings is 2. The van der Waals surface area contributed by atoms with Crippen LogP contribution in [-0.2, 0) is 6.54 Å². The minimum Gasteiger partial charge on any atom is -0.365 e. The maximum Gasteiger partial charge on any atom is 0.276 e. The zero-order valence-corrected chi connectivity index (χ0v) is 21.6. The second-order valence-electron chi connectivity index (χ2n) is 9.87. The van der Waals surface area contributed by atoms with Crippen LogP contribution in [0.1, 0.15) is 37.5 Å². The van der Waals surface area contributed by atoms with Gasteiger partial charge >= 0.3 is 0 Å². The second-order valence-corrected chi connectivity index (χ2v) is 9.87. The zero-order chi connectivity index (χ0) is 25.9. The molecule has 2 N–H and O–H groups in total. The molecule has 2 aliphatic heterocycles. The topological polar surface area (TPSA) is 93.7 Å². The van der Waals surface area contributed by atoms with Gasteiger partial charge in [0.1, 0.15) is 0 Å². The van der Waals surface area contributed by atoms with Gasteiger partial charge in [0.2, 0.25) is 0 Å². The quantitative estimate of drug-likeness (QED) is 0.557. The van der Waals surface area contributed by atoms with E-state index in [-0.39, 0.29) is 17.5 Å². The lowest BCUT2D eigenvalue weighted by Gasteiger charge is -2.32. The molecule has 2 amide bonds. The fourth-order valence-electron chi connectivity index (χ4n) is 4.71. The number of aryl methyl sites for hydroxylation is 2. The number of rotatable bonds is 5. The van der Waals surface area contributed by atoms with Crippen LogP contribution in [0.3, 0.4) is 0 Å². The second kappa shape index (κ2) is 10.6. The number of hydrogen-bond acceptors (Lipinski definition) is 7. The number of carbonyl (C=O) groups is 2. The highest BCUT2D eigenvalue weighted by molar-refractivity contribution is 6.04. The van der Waals surface area contributed by atoms with Crippen molar-refractivity contribution >= 4 is 29.0 Å². The number of nitrogens with zero attached hydrogens (tertiary/aromatic N) is 5. The normalized spacial score (nSPS) is 15.6. The summed E-state index contributed by atoms with van der Waals surface area (Å²) in [5.74, 6) is 0.355. The molecule has 9 heteroatoms. The van der Waals surface area contributed by atoms with Crippen LogP contribution in [0.15, 0.2) is 48.5 Å². The lowest BCUT2D eigenvalue weighted by atomic mass is 10.0. The first-order chi connectivity index (χ1) is 17.9. The molecule has 0 bridgehead atoms. The van der Waals surface area contributed by atoms with Crippen LogP contribution in [0, 0.1) is 13.8 Å². The van der Waals surface area contributed by atoms with Gasteiger partial charge in [-0.05, 0) is 62.4 Å². The average molecular weight is 500 g/mol.